The predicted octanol–water partition coefficient (Wildman–Crippen LogP) is 0.540. The van der Waals surface area contributed by atoms with Gasteiger partial charge in [0.25, 0.3) is 0 Å². The van der Waals surface area contributed by atoms with Crippen molar-refractivity contribution in [2.24, 2.45) is 5.73 Å². The van der Waals surface area contributed by atoms with Crippen LogP contribution in [0.4, 0.5) is 0 Å². The van der Waals surface area contributed by atoms with Crippen LogP contribution in [0.2, 0.25) is 0 Å². The molecule has 2 fully saturated rings. The highest BCUT2D eigenvalue weighted by Gasteiger charge is 2.41. The van der Waals surface area contributed by atoms with Crippen molar-refractivity contribution in [3.8, 4) is 0 Å². The zero-order valence-corrected chi connectivity index (χ0v) is 9.87. The summed E-state index contributed by atoms with van der Waals surface area (Å²) in [6.45, 7) is 2.37. The van der Waals surface area contributed by atoms with E-state index in [1.807, 2.05) is 4.90 Å². The van der Waals surface area contributed by atoms with E-state index < -0.39 is 0 Å². The number of hydrogen-bond acceptors (Lipinski definition) is 3. The van der Waals surface area contributed by atoms with E-state index in [1.165, 1.54) is 0 Å². The van der Waals surface area contributed by atoms with Crippen LogP contribution in [-0.4, -0.2) is 49.4 Å². The molecule has 3 N–H and O–H groups in total. The molecule has 2 saturated heterocycles. The zero-order valence-electron chi connectivity index (χ0n) is 9.87. The molecule has 2 atom stereocenters. The third kappa shape index (κ3) is 2.30. The SMILES string of the molecule is COC1CCOC2(CCCN(C(=N)N)C2)C1. The van der Waals surface area contributed by atoms with Gasteiger partial charge in [-0.3, -0.25) is 5.41 Å². The monoisotopic (exact) mass is 227 g/mol. The minimum absolute atomic E-state index is 0.136. The number of rotatable bonds is 1. The second kappa shape index (κ2) is 4.59. The molecule has 2 aliphatic rings. The molecule has 0 aromatic carbocycles. The first-order chi connectivity index (χ1) is 7.65. The molecule has 0 aromatic heterocycles. The first-order valence-corrected chi connectivity index (χ1v) is 5.91. The molecule has 92 valence electrons. The molecule has 0 aromatic rings. The number of piperidine rings is 1. The summed E-state index contributed by atoms with van der Waals surface area (Å²) in [6, 6.07) is 0. The third-order valence-corrected chi connectivity index (χ3v) is 3.66. The summed E-state index contributed by atoms with van der Waals surface area (Å²) in [4.78, 5) is 1.90. The first-order valence-electron chi connectivity index (χ1n) is 5.91. The molecule has 2 heterocycles. The standard InChI is InChI=1S/C11H21N3O2/c1-15-9-3-6-16-11(7-9)4-2-5-14(8-11)10(12)13/h9H,2-8H2,1H3,(H3,12,13). The van der Waals surface area contributed by atoms with E-state index in [0.29, 0.717) is 6.10 Å². The van der Waals surface area contributed by atoms with Crippen molar-refractivity contribution in [1.29, 1.82) is 5.41 Å². The molecule has 0 amide bonds. The number of nitrogens with one attached hydrogen (secondary N) is 1. The lowest BCUT2D eigenvalue weighted by atomic mass is 9.84. The molecule has 0 aliphatic carbocycles. The molecule has 5 heteroatoms. The summed E-state index contributed by atoms with van der Waals surface area (Å²) in [5, 5.41) is 7.50. The van der Waals surface area contributed by atoms with E-state index >= 15 is 0 Å². The largest absolute Gasteiger partial charge is 0.381 e. The van der Waals surface area contributed by atoms with Gasteiger partial charge in [-0.15, -0.1) is 0 Å². The summed E-state index contributed by atoms with van der Waals surface area (Å²) in [7, 11) is 1.76. The van der Waals surface area contributed by atoms with Crippen LogP contribution in [0.25, 0.3) is 0 Å². The number of guanidine groups is 1. The van der Waals surface area contributed by atoms with Crippen LogP contribution in [0.5, 0.6) is 0 Å². The highest BCUT2D eigenvalue weighted by atomic mass is 16.5. The van der Waals surface area contributed by atoms with E-state index in [0.717, 1.165) is 45.4 Å². The topological polar surface area (TPSA) is 71.6 Å². The van der Waals surface area contributed by atoms with E-state index in [-0.39, 0.29) is 11.6 Å². The molecular weight excluding hydrogens is 206 g/mol. The Hall–Kier alpha value is -0.810. The van der Waals surface area contributed by atoms with Crippen LogP contribution in [0.3, 0.4) is 0 Å². The van der Waals surface area contributed by atoms with Crippen molar-refractivity contribution < 1.29 is 9.47 Å². The fourth-order valence-electron chi connectivity index (χ4n) is 2.77. The highest BCUT2D eigenvalue weighted by Crippen LogP contribution is 2.34. The molecule has 0 radical (unpaired) electrons. The van der Waals surface area contributed by atoms with Crippen LogP contribution < -0.4 is 5.73 Å². The summed E-state index contributed by atoms with van der Waals surface area (Å²) >= 11 is 0. The smallest absolute Gasteiger partial charge is 0.188 e. The Balaban J connectivity index is 2.03. The molecule has 16 heavy (non-hydrogen) atoms. The molecule has 2 aliphatic heterocycles. The van der Waals surface area contributed by atoms with E-state index in [9.17, 15) is 0 Å². The maximum atomic E-state index is 7.50. The summed E-state index contributed by atoms with van der Waals surface area (Å²) in [5.41, 5.74) is 5.41. The van der Waals surface area contributed by atoms with Crippen molar-refractivity contribution in [3.05, 3.63) is 0 Å². The Morgan fingerprint density at radius 1 is 1.62 bits per heavy atom. The van der Waals surface area contributed by atoms with E-state index in [1.54, 1.807) is 7.11 Å². The number of hydrogen-bond donors (Lipinski definition) is 2. The first kappa shape index (κ1) is 11.7. The second-order valence-corrected chi connectivity index (χ2v) is 4.79. The van der Waals surface area contributed by atoms with Gasteiger partial charge < -0.3 is 20.1 Å². The second-order valence-electron chi connectivity index (χ2n) is 4.79. The van der Waals surface area contributed by atoms with Gasteiger partial charge >= 0.3 is 0 Å². The van der Waals surface area contributed by atoms with Gasteiger partial charge in [-0.1, -0.05) is 0 Å². The van der Waals surface area contributed by atoms with Crippen LogP contribution in [0, 0.1) is 5.41 Å². The number of likely N-dealkylation sites (tertiary alicyclic amines) is 1. The fraction of sp³-hybridized carbons (Fsp3) is 0.909. The summed E-state index contributed by atoms with van der Waals surface area (Å²) in [5.74, 6) is 0.155. The maximum absolute atomic E-state index is 7.50. The lowest BCUT2D eigenvalue weighted by Gasteiger charge is -2.46. The molecule has 2 unspecified atom stereocenters. The predicted molar refractivity (Wildman–Crippen MR) is 61.4 cm³/mol. The van der Waals surface area contributed by atoms with Crippen molar-refractivity contribution in [1.82, 2.24) is 4.90 Å². The van der Waals surface area contributed by atoms with Crippen LogP contribution in [0.1, 0.15) is 25.7 Å². The van der Waals surface area contributed by atoms with Crippen LogP contribution >= 0.6 is 0 Å². The van der Waals surface area contributed by atoms with Gasteiger partial charge in [-0.2, -0.15) is 0 Å². The Morgan fingerprint density at radius 2 is 2.44 bits per heavy atom. The van der Waals surface area contributed by atoms with Gasteiger partial charge in [-0.05, 0) is 19.3 Å². The average molecular weight is 227 g/mol. The molecule has 5 nitrogen and oxygen atoms in total. The summed E-state index contributed by atoms with van der Waals surface area (Å²) in [6.07, 6.45) is 4.28. The van der Waals surface area contributed by atoms with Crippen molar-refractivity contribution in [3.63, 3.8) is 0 Å². The van der Waals surface area contributed by atoms with Gasteiger partial charge in [-0.25, -0.2) is 0 Å². The fourth-order valence-corrected chi connectivity index (χ4v) is 2.77. The van der Waals surface area contributed by atoms with Crippen LogP contribution in [-0.2, 0) is 9.47 Å². The molecule has 0 saturated carbocycles. The lowest BCUT2D eigenvalue weighted by molar-refractivity contribution is -0.145. The van der Waals surface area contributed by atoms with E-state index in [4.69, 9.17) is 20.6 Å². The number of nitrogens with zero attached hydrogens (tertiary/aromatic N) is 1. The van der Waals surface area contributed by atoms with Gasteiger partial charge in [0.2, 0.25) is 0 Å². The minimum atomic E-state index is -0.136. The van der Waals surface area contributed by atoms with Gasteiger partial charge in [0.1, 0.15) is 0 Å². The minimum Gasteiger partial charge on any atom is -0.381 e. The van der Waals surface area contributed by atoms with Crippen LogP contribution in [0.15, 0.2) is 0 Å². The summed E-state index contributed by atoms with van der Waals surface area (Å²) < 4.78 is 11.4. The maximum Gasteiger partial charge on any atom is 0.188 e. The van der Waals surface area contributed by atoms with E-state index in [2.05, 4.69) is 0 Å². The highest BCUT2D eigenvalue weighted by molar-refractivity contribution is 5.74. The Morgan fingerprint density at radius 3 is 3.12 bits per heavy atom. The van der Waals surface area contributed by atoms with Gasteiger partial charge in [0, 0.05) is 33.2 Å². The molecule has 0 bridgehead atoms. The molecular formula is C11H21N3O2. The van der Waals surface area contributed by atoms with Crippen molar-refractivity contribution in [2.45, 2.75) is 37.4 Å². The normalized spacial score (nSPS) is 35.3. The lowest BCUT2D eigenvalue weighted by Crippen LogP contribution is -2.56. The Bertz CT molecular complexity index is 268. The third-order valence-electron chi connectivity index (χ3n) is 3.66. The zero-order chi connectivity index (χ0) is 11.6. The quantitative estimate of drug-likeness (QED) is 0.506. The molecule has 2 rings (SSSR count). The Kier molecular flexibility index (Phi) is 3.35. The number of nitrogens with two attached hydrogens (primary N) is 1. The van der Waals surface area contributed by atoms with Gasteiger partial charge in [0.15, 0.2) is 5.96 Å². The number of ether oxygens (including phenoxy) is 2. The number of methoxy groups -OCH3 is 1. The molecule has 1 spiro atoms. The van der Waals surface area contributed by atoms with Gasteiger partial charge in [0.05, 0.1) is 11.7 Å². The van der Waals surface area contributed by atoms with Crippen molar-refractivity contribution >= 4 is 5.96 Å². The average Bonchev–Trinajstić information content (AvgIpc) is 2.29. The Labute approximate surface area is 96.4 Å². The van der Waals surface area contributed by atoms with Crippen molar-refractivity contribution in [2.75, 3.05) is 26.8 Å².